The number of aliphatic hydroxyl groups is 1. The van der Waals surface area contributed by atoms with Gasteiger partial charge in [-0.2, -0.15) is 18.2 Å². The van der Waals surface area contributed by atoms with E-state index in [0.717, 1.165) is 15.6 Å². The number of amides is 1. The van der Waals surface area contributed by atoms with Crippen LogP contribution in [-0.4, -0.2) is 46.7 Å². The first kappa shape index (κ1) is 22.3. The van der Waals surface area contributed by atoms with Gasteiger partial charge in [0.05, 0.1) is 16.9 Å². The number of benzene rings is 1. The number of halogens is 3. The van der Waals surface area contributed by atoms with E-state index in [9.17, 15) is 23.1 Å². The number of alkyl halides is 3. The Morgan fingerprint density at radius 2 is 1.88 bits per heavy atom. The molecule has 1 aromatic heterocycles. The van der Waals surface area contributed by atoms with Crippen molar-refractivity contribution in [2.45, 2.75) is 31.0 Å². The Hall–Kier alpha value is -2.92. The number of hydrogen-bond donors (Lipinski definition) is 3. The zero-order valence-electron chi connectivity index (χ0n) is 17.0. The average molecular weight is 466 g/mol. The SMILES string of the molecule is NC1=NC(=O)CC(O)(C(F)(F)F)C1=C(N)C1CCN(c2ncc(-c3ccccc3)s2)CC1. The molecule has 0 spiro atoms. The van der Waals surface area contributed by atoms with Crippen molar-refractivity contribution in [2.75, 3.05) is 18.0 Å². The quantitative estimate of drug-likeness (QED) is 0.642. The van der Waals surface area contributed by atoms with Crippen LogP contribution in [0, 0.1) is 5.92 Å². The van der Waals surface area contributed by atoms with Crippen LogP contribution in [0.3, 0.4) is 0 Å². The minimum atomic E-state index is -5.11. The number of rotatable bonds is 3. The third kappa shape index (κ3) is 3.97. The lowest BCUT2D eigenvalue weighted by Crippen LogP contribution is -2.55. The van der Waals surface area contributed by atoms with Crippen LogP contribution in [0.25, 0.3) is 10.4 Å². The minimum Gasteiger partial charge on any atom is -0.401 e. The van der Waals surface area contributed by atoms with Crippen molar-refractivity contribution in [1.29, 1.82) is 0 Å². The van der Waals surface area contributed by atoms with Gasteiger partial charge >= 0.3 is 6.18 Å². The van der Waals surface area contributed by atoms with Crippen molar-refractivity contribution < 1.29 is 23.1 Å². The van der Waals surface area contributed by atoms with Crippen LogP contribution in [0.1, 0.15) is 19.3 Å². The Morgan fingerprint density at radius 3 is 2.50 bits per heavy atom. The number of amidine groups is 1. The van der Waals surface area contributed by atoms with Crippen molar-refractivity contribution in [1.82, 2.24) is 4.98 Å². The summed E-state index contributed by atoms with van der Waals surface area (Å²) in [6, 6.07) is 9.84. The summed E-state index contributed by atoms with van der Waals surface area (Å²) in [6.45, 7) is 1.06. The Bertz CT molecular complexity index is 1070. The number of aromatic nitrogens is 1. The molecule has 7 nitrogen and oxygen atoms in total. The number of carbonyl (C=O) groups is 1. The van der Waals surface area contributed by atoms with Crippen molar-refractivity contribution in [3.05, 3.63) is 47.8 Å². The summed E-state index contributed by atoms with van der Waals surface area (Å²) in [4.78, 5) is 22.6. The van der Waals surface area contributed by atoms with Crippen LogP contribution < -0.4 is 16.4 Å². The first-order chi connectivity index (χ1) is 15.1. The van der Waals surface area contributed by atoms with Gasteiger partial charge in [-0.3, -0.25) is 4.79 Å². The fourth-order valence-electron chi connectivity index (χ4n) is 4.11. The predicted octanol–water partition coefficient (Wildman–Crippen LogP) is 2.82. The number of hydrogen-bond acceptors (Lipinski definition) is 7. The number of thiazole rings is 1. The molecule has 1 fully saturated rings. The third-order valence-electron chi connectivity index (χ3n) is 5.84. The van der Waals surface area contributed by atoms with Gasteiger partial charge in [-0.05, 0) is 18.4 Å². The second-order valence-corrected chi connectivity index (χ2v) is 8.90. The third-order valence-corrected chi connectivity index (χ3v) is 6.94. The second kappa shape index (κ2) is 8.21. The highest BCUT2D eigenvalue weighted by molar-refractivity contribution is 7.18. The largest absolute Gasteiger partial charge is 0.422 e. The maximum Gasteiger partial charge on any atom is 0.422 e. The molecular weight excluding hydrogens is 443 g/mol. The highest BCUT2D eigenvalue weighted by Crippen LogP contribution is 2.43. The van der Waals surface area contributed by atoms with Gasteiger partial charge in [0.15, 0.2) is 10.7 Å². The van der Waals surface area contributed by atoms with Gasteiger partial charge in [0.25, 0.3) is 5.91 Å². The molecule has 1 atom stereocenters. The Labute approximate surface area is 186 Å². The van der Waals surface area contributed by atoms with E-state index in [2.05, 4.69) is 14.9 Å². The highest BCUT2D eigenvalue weighted by Gasteiger charge is 2.60. The van der Waals surface area contributed by atoms with Gasteiger partial charge < -0.3 is 21.5 Å². The fraction of sp³-hybridized carbons (Fsp3) is 0.381. The summed E-state index contributed by atoms with van der Waals surface area (Å²) in [7, 11) is 0. The monoisotopic (exact) mass is 465 g/mol. The molecule has 11 heteroatoms. The average Bonchev–Trinajstić information content (AvgIpc) is 3.23. The molecule has 4 rings (SSSR count). The van der Waals surface area contributed by atoms with Crippen LogP contribution in [-0.2, 0) is 4.79 Å². The fourth-order valence-corrected chi connectivity index (χ4v) is 5.08. The molecule has 2 aromatic rings. The highest BCUT2D eigenvalue weighted by atomic mass is 32.1. The Balaban J connectivity index is 1.53. The number of allylic oxidation sites excluding steroid dienone is 1. The number of nitrogens with zero attached hydrogens (tertiary/aromatic N) is 3. The number of anilines is 1. The summed E-state index contributed by atoms with van der Waals surface area (Å²) in [5.41, 5.74) is 8.52. The van der Waals surface area contributed by atoms with E-state index in [4.69, 9.17) is 11.5 Å². The molecule has 0 saturated carbocycles. The molecule has 3 heterocycles. The van der Waals surface area contributed by atoms with Crippen molar-refractivity contribution in [3.63, 3.8) is 0 Å². The van der Waals surface area contributed by atoms with Crippen LogP contribution in [0.4, 0.5) is 18.3 Å². The summed E-state index contributed by atoms with van der Waals surface area (Å²) in [5, 5.41) is 11.2. The molecule has 170 valence electrons. The van der Waals surface area contributed by atoms with E-state index in [1.165, 1.54) is 0 Å². The Kier molecular flexibility index (Phi) is 5.72. The second-order valence-electron chi connectivity index (χ2n) is 7.89. The van der Waals surface area contributed by atoms with Gasteiger partial charge in [-0.15, -0.1) is 0 Å². The molecule has 1 unspecified atom stereocenters. The molecule has 32 heavy (non-hydrogen) atoms. The van der Waals surface area contributed by atoms with Gasteiger partial charge in [0, 0.05) is 30.9 Å². The minimum absolute atomic E-state index is 0.165. The molecule has 1 saturated heterocycles. The summed E-state index contributed by atoms with van der Waals surface area (Å²) >= 11 is 1.54. The molecule has 2 aliphatic rings. The van der Waals surface area contributed by atoms with Crippen molar-refractivity contribution in [3.8, 4) is 10.4 Å². The van der Waals surface area contributed by atoms with E-state index in [1.54, 1.807) is 17.5 Å². The van der Waals surface area contributed by atoms with Gasteiger partial charge in [0.1, 0.15) is 5.84 Å². The first-order valence-electron chi connectivity index (χ1n) is 10.0. The van der Waals surface area contributed by atoms with Crippen LogP contribution in [0.15, 0.2) is 52.8 Å². The zero-order chi connectivity index (χ0) is 23.1. The Morgan fingerprint density at radius 1 is 1.22 bits per heavy atom. The molecule has 5 N–H and O–H groups in total. The molecule has 2 aliphatic heterocycles. The standard InChI is InChI=1S/C21H22F3N5O2S/c22-21(23,24)20(31)10-15(30)28-18(26)16(20)17(25)13-6-8-29(9-7-13)19-27-11-14(32-19)12-4-2-1-3-5-12/h1-5,11,13,31H,6-10,25H2,(H2,26,28,30). The van der Waals surface area contributed by atoms with Gasteiger partial charge in [-0.25, -0.2) is 4.98 Å². The van der Waals surface area contributed by atoms with E-state index in [0.29, 0.717) is 25.9 Å². The number of piperidine rings is 1. The van der Waals surface area contributed by atoms with E-state index in [1.807, 2.05) is 30.3 Å². The summed E-state index contributed by atoms with van der Waals surface area (Å²) < 4.78 is 41.0. The van der Waals surface area contributed by atoms with Gasteiger partial charge in [0.2, 0.25) is 0 Å². The topological polar surface area (TPSA) is 118 Å². The molecule has 0 aliphatic carbocycles. The maximum atomic E-state index is 13.7. The van der Waals surface area contributed by atoms with Crippen molar-refractivity contribution in [2.24, 2.45) is 22.4 Å². The lowest BCUT2D eigenvalue weighted by molar-refractivity contribution is -0.244. The smallest absolute Gasteiger partial charge is 0.401 e. The van der Waals surface area contributed by atoms with E-state index < -0.39 is 41.4 Å². The lowest BCUT2D eigenvalue weighted by atomic mass is 9.80. The molecule has 1 amide bonds. The first-order valence-corrected chi connectivity index (χ1v) is 10.8. The van der Waals surface area contributed by atoms with Gasteiger partial charge in [-0.1, -0.05) is 41.7 Å². The number of carbonyl (C=O) groups excluding carboxylic acids is 1. The molecule has 1 aromatic carbocycles. The normalized spacial score (nSPS) is 24.4. The van der Waals surface area contributed by atoms with E-state index >= 15 is 0 Å². The van der Waals surface area contributed by atoms with Crippen LogP contribution in [0.5, 0.6) is 0 Å². The molecular formula is C21H22F3N5O2S. The lowest BCUT2D eigenvalue weighted by Gasteiger charge is -2.38. The van der Waals surface area contributed by atoms with Crippen molar-refractivity contribution >= 4 is 28.2 Å². The summed E-state index contributed by atoms with van der Waals surface area (Å²) in [5.74, 6) is -2.24. The molecule has 0 radical (unpaired) electrons. The number of aliphatic imine (C=N–C) groups is 1. The number of nitrogens with two attached hydrogens (primary N) is 2. The van der Waals surface area contributed by atoms with Crippen LogP contribution in [0.2, 0.25) is 0 Å². The summed E-state index contributed by atoms with van der Waals surface area (Å²) in [6.07, 6.45) is -3.64. The maximum absolute atomic E-state index is 13.7. The van der Waals surface area contributed by atoms with E-state index in [-0.39, 0.29) is 5.70 Å². The molecule has 0 bridgehead atoms. The van der Waals surface area contributed by atoms with Crippen LogP contribution >= 0.6 is 11.3 Å². The predicted molar refractivity (Wildman–Crippen MR) is 116 cm³/mol. The zero-order valence-corrected chi connectivity index (χ0v) is 17.8.